The second-order valence-corrected chi connectivity index (χ2v) is 4.93. The van der Waals surface area contributed by atoms with Crippen LogP contribution in [0.5, 0.6) is 5.75 Å². The van der Waals surface area contributed by atoms with Gasteiger partial charge in [0.15, 0.2) is 0 Å². The van der Waals surface area contributed by atoms with Gasteiger partial charge in [-0.2, -0.15) is 10.1 Å². The number of aromatic nitrogens is 3. The van der Waals surface area contributed by atoms with Gasteiger partial charge in [0.05, 0.1) is 12.2 Å². The summed E-state index contributed by atoms with van der Waals surface area (Å²) in [4.78, 5) is 16.1. The third-order valence-corrected chi connectivity index (χ3v) is 3.57. The first-order valence-electron chi connectivity index (χ1n) is 7.02. The quantitative estimate of drug-likeness (QED) is 0.891. The van der Waals surface area contributed by atoms with E-state index in [1.54, 1.807) is 11.6 Å². The Balaban J connectivity index is 2.21. The lowest BCUT2D eigenvalue weighted by atomic mass is 9.94. The first-order valence-corrected chi connectivity index (χ1v) is 7.02. The molecular weight excluding hydrogens is 282 g/mol. The molecule has 2 heterocycles. The average Bonchev–Trinajstić information content (AvgIpc) is 2.94. The second-order valence-electron chi connectivity index (χ2n) is 4.93. The summed E-state index contributed by atoms with van der Waals surface area (Å²) < 4.78 is 7.33. The molecule has 0 spiro atoms. The predicted octanol–water partition coefficient (Wildman–Crippen LogP) is 1.45. The van der Waals surface area contributed by atoms with Crippen LogP contribution in [0.25, 0.3) is 0 Å². The Morgan fingerprint density at radius 1 is 1.45 bits per heavy atom. The summed E-state index contributed by atoms with van der Waals surface area (Å²) in [5.74, 6) is 0.770. The third-order valence-electron chi connectivity index (χ3n) is 3.57. The van der Waals surface area contributed by atoms with E-state index in [9.17, 15) is 4.79 Å². The Bertz CT molecular complexity index is 750. The number of nitrogens with two attached hydrogens (primary N) is 1. The monoisotopic (exact) mass is 299 g/mol. The van der Waals surface area contributed by atoms with Crippen molar-refractivity contribution in [3.63, 3.8) is 0 Å². The number of nitrogens with zero attached hydrogens (tertiary/aromatic N) is 3. The molecule has 0 radical (unpaired) electrons. The molecule has 114 valence electrons. The molecule has 0 unspecified atom stereocenters. The molecule has 0 saturated carbocycles. The van der Waals surface area contributed by atoms with E-state index in [-0.39, 0.29) is 0 Å². The molecule has 1 aromatic carbocycles. The van der Waals surface area contributed by atoms with Gasteiger partial charge in [0.1, 0.15) is 18.1 Å². The van der Waals surface area contributed by atoms with Crippen LogP contribution in [-0.2, 0) is 4.79 Å². The molecule has 0 fully saturated rings. The van der Waals surface area contributed by atoms with Crippen LogP contribution in [0.15, 0.2) is 41.9 Å². The summed E-state index contributed by atoms with van der Waals surface area (Å²) >= 11 is 0. The van der Waals surface area contributed by atoms with E-state index in [0.717, 1.165) is 5.56 Å². The first kappa shape index (κ1) is 14.1. The number of carbonyl (C=O) groups excluding carboxylic acids is 1. The van der Waals surface area contributed by atoms with E-state index in [1.807, 2.05) is 31.2 Å². The van der Waals surface area contributed by atoms with Crippen molar-refractivity contribution in [1.82, 2.24) is 14.8 Å². The van der Waals surface area contributed by atoms with Crippen LogP contribution in [0.3, 0.4) is 0 Å². The van der Waals surface area contributed by atoms with E-state index >= 15 is 0 Å². The number of para-hydroxylation sites is 1. The van der Waals surface area contributed by atoms with Gasteiger partial charge in [-0.05, 0) is 19.9 Å². The summed E-state index contributed by atoms with van der Waals surface area (Å²) in [6.45, 7) is 4.24. The Hall–Kier alpha value is -2.83. The van der Waals surface area contributed by atoms with Crippen LogP contribution < -0.4 is 15.8 Å². The topological polar surface area (TPSA) is 95.1 Å². The predicted molar refractivity (Wildman–Crippen MR) is 81.3 cm³/mol. The van der Waals surface area contributed by atoms with Crippen LogP contribution in [-0.4, -0.2) is 27.3 Å². The summed E-state index contributed by atoms with van der Waals surface area (Å²) in [5, 5.41) is 7.28. The minimum atomic E-state index is -0.498. The molecule has 3 rings (SSSR count). The van der Waals surface area contributed by atoms with E-state index in [1.165, 1.54) is 6.33 Å². The highest BCUT2D eigenvalue weighted by Gasteiger charge is 2.33. The largest absolute Gasteiger partial charge is 0.494 e. The molecule has 2 aromatic rings. The number of amides is 1. The van der Waals surface area contributed by atoms with Crippen LogP contribution >= 0.6 is 0 Å². The highest BCUT2D eigenvalue weighted by atomic mass is 16.5. The molecular formula is C15H17N5O2. The van der Waals surface area contributed by atoms with Crippen molar-refractivity contribution >= 4 is 11.9 Å². The molecule has 0 aliphatic carbocycles. The van der Waals surface area contributed by atoms with E-state index in [4.69, 9.17) is 10.5 Å². The maximum absolute atomic E-state index is 12.0. The van der Waals surface area contributed by atoms with Gasteiger partial charge < -0.3 is 15.8 Å². The standard InChI is InChI=1S/C15H17N5O2/c1-3-22-11-7-5-4-6-10(11)13-12(14(16)21)9(2)19-15-17-8-18-20(13)15/h4-8,13H,3H2,1-2H3,(H2,16,21)(H,17,18,19)/t13-/m0/s1. The number of ether oxygens (including phenoxy) is 1. The Labute approximate surface area is 127 Å². The molecule has 3 N–H and O–H groups in total. The summed E-state index contributed by atoms with van der Waals surface area (Å²) in [6.07, 6.45) is 1.44. The molecule has 0 bridgehead atoms. The number of rotatable bonds is 4. The lowest BCUT2D eigenvalue weighted by Crippen LogP contribution is -2.32. The molecule has 1 amide bonds. The number of benzene rings is 1. The maximum Gasteiger partial charge on any atom is 0.248 e. The minimum Gasteiger partial charge on any atom is -0.494 e. The highest BCUT2D eigenvalue weighted by Crippen LogP contribution is 2.38. The number of primary amides is 1. The van der Waals surface area contributed by atoms with Crippen molar-refractivity contribution in [2.75, 3.05) is 11.9 Å². The molecule has 22 heavy (non-hydrogen) atoms. The van der Waals surface area contributed by atoms with Crippen molar-refractivity contribution in [2.24, 2.45) is 5.73 Å². The third kappa shape index (κ3) is 2.20. The van der Waals surface area contributed by atoms with Crippen LogP contribution in [0.2, 0.25) is 0 Å². The van der Waals surface area contributed by atoms with Gasteiger partial charge in [-0.1, -0.05) is 18.2 Å². The summed E-state index contributed by atoms with van der Waals surface area (Å²) in [6, 6.07) is 7.09. The van der Waals surface area contributed by atoms with E-state index < -0.39 is 11.9 Å². The van der Waals surface area contributed by atoms with E-state index in [2.05, 4.69) is 15.4 Å². The molecule has 1 aromatic heterocycles. The van der Waals surface area contributed by atoms with Gasteiger partial charge >= 0.3 is 0 Å². The zero-order valence-corrected chi connectivity index (χ0v) is 12.4. The minimum absolute atomic E-state index is 0.449. The number of fused-ring (bicyclic) bond motifs is 1. The van der Waals surface area contributed by atoms with Gasteiger partial charge in [-0.3, -0.25) is 4.79 Å². The maximum atomic E-state index is 12.0. The van der Waals surface area contributed by atoms with Gasteiger partial charge in [0.2, 0.25) is 11.9 Å². The fourth-order valence-electron chi connectivity index (χ4n) is 2.69. The van der Waals surface area contributed by atoms with Gasteiger partial charge in [-0.15, -0.1) is 0 Å². The number of hydrogen-bond donors (Lipinski definition) is 2. The molecule has 7 nitrogen and oxygen atoms in total. The van der Waals surface area contributed by atoms with Crippen molar-refractivity contribution in [1.29, 1.82) is 0 Å². The smallest absolute Gasteiger partial charge is 0.248 e. The Morgan fingerprint density at radius 2 is 2.23 bits per heavy atom. The average molecular weight is 299 g/mol. The molecule has 1 aliphatic heterocycles. The van der Waals surface area contributed by atoms with Crippen molar-refractivity contribution in [3.8, 4) is 5.75 Å². The molecule has 7 heteroatoms. The number of nitrogens with one attached hydrogen (secondary N) is 1. The van der Waals surface area contributed by atoms with E-state index in [0.29, 0.717) is 29.6 Å². The van der Waals surface area contributed by atoms with Crippen molar-refractivity contribution in [3.05, 3.63) is 47.4 Å². The van der Waals surface area contributed by atoms with Gasteiger partial charge in [-0.25, -0.2) is 4.68 Å². The number of allylic oxidation sites excluding steroid dienone is 1. The van der Waals surface area contributed by atoms with Gasteiger partial charge in [0.25, 0.3) is 0 Å². The fraction of sp³-hybridized carbons (Fsp3) is 0.267. The molecule has 1 aliphatic rings. The normalized spacial score (nSPS) is 16.9. The number of hydrogen-bond acceptors (Lipinski definition) is 5. The number of anilines is 1. The number of carbonyl (C=O) groups is 1. The summed E-state index contributed by atoms with van der Waals surface area (Å²) in [5.41, 5.74) is 7.54. The first-order chi connectivity index (χ1) is 10.6. The second kappa shape index (κ2) is 5.51. The van der Waals surface area contributed by atoms with Crippen LogP contribution in [0.4, 0.5) is 5.95 Å². The lowest BCUT2D eigenvalue weighted by Gasteiger charge is -2.28. The SMILES string of the molecule is CCOc1ccccc1[C@H]1C(C(N)=O)=C(C)Nc2ncnn21. The summed E-state index contributed by atoms with van der Waals surface area (Å²) in [7, 11) is 0. The highest BCUT2D eigenvalue weighted by molar-refractivity contribution is 5.95. The fourth-order valence-corrected chi connectivity index (χ4v) is 2.69. The zero-order chi connectivity index (χ0) is 15.7. The zero-order valence-electron chi connectivity index (χ0n) is 12.4. The van der Waals surface area contributed by atoms with Crippen molar-refractivity contribution < 1.29 is 9.53 Å². The lowest BCUT2D eigenvalue weighted by molar-refractivity contribution is -0.115. The Kier molecular flexibility index (Phi) is 3.54. The van der Waals surface area contributed by atoms with Gasteiger partial charge in [0, 0.05) is 11.3 Å². The molecule has 1 atom stereocenters. The molecule has 0 saturated heterocycles. The van der Waals surface area contributed by atoms with Crippen LogP contribution in [0.1, 0.15) is 25.5 Å². The Morgan fingerprint density at radius 3 is 2.95 bits per heavy atom. The van der Waals surface area contributed by atoms with Crippen molar-refractivity contribution in [2.45, 2.75) is 19.9 Å². The van der Waals surface area contributed by atoms with Crippen LogP contribution in [0, 0.1) is 0 Å².